The van der Waals surface area contributed by atoms with Crippen LogP contribution in [-0.4, -0.2) is 53.8 Å². The van der Waals surface area contributed by atoms with Gasteiger partial charge in [-0.2, -0.15) is 5.10 Å². The third-order valence-corrected chi connectivity index (χ3v) is 5.38. The minimum atomic E-state index is -0.292. The van der Waals surface area contributed by atoms with Gasteiger partial charge in [-0.1, -0.05) is 30.3 Å². The summed E-state index contributed by atoms with van der Waals surface area (Å²) >= 11 is 0. The van der Waals surface area contributed by atoms with Gasteiger partial charge < -0.3 is 10.2 Å². The van der Waals surface area contributed by atoms with Crippen LogP contribution in [0.5, 0.6) is 0 Å². The second kappa shape index (κ2) is 8.05. The van der Waals surface area contributed by atoms with E-state index in [0.717, 1.165) is 26.2 Å². The molecule has 7 heteroatoms. The Kier molecular flexibility index (Phi) is 5.31. The minimum Gasteiger partial charge on any atom is -0.369 e. The molecule has 0 bridgehead atoms. The summed E-state index contributed by atoms with van der Waals surface area (Å²) in [7, 11) is 1.57. The molecule has 2 heterocycles. The minimum absolute atomic E-state index is 0.172. The van der Waals surface area contributed by atoms with Crippen LogP contribution in [-0.2, 0) is 6.67 Å². The van der Waals surface area contributed by atoms with Crippen LogP contribution in [0.3, 0.4) is 0 Å². The van der Waals surface area contributed by atoms with E-state index in [1.807, 2.05) is 12.1 Å². The van der Waals surface area contributed by atoms with Gasteiger partial charge in [-0.15, -0.1) is 0 Å². The zero-order chi connectivity index (χ0) is 20.4. The fourth-order valence-corrected chi connectivity index (χ4v) is 3.78. The van der Waals surface area contributed by atoms with Crippen molar-refractivity contribution in [1.29, 1.82) is 0 Å². The van der Waals surface area contributed by atoms with Gasteiger partial charge in [0.1, 0.15) is 0 Å². The molecule has 1 fully saturated rings. The molecular weight excluding hydrogens is 366 g/mol. The standard InChI is InChI=1S/C22H25N5O2/c1-16-6-5-7-17(14-16)26-12-10-25(11-13-26)15-27-22(29)19-9-4-3-8-18(19)20(24-27)21(28)23-2/h3-9,14H,10-13,15H2,1-2H3,(H,23,28). The molecule has 0 atom stereocenters. The van der Waals surface area contributed by atoms with E-state index in [9.17, 15) is 9.59 Å². The number of piperazine rings is 1. The number of amides is 1. The Labute approximate surface area is 169 Å². The smallest absolute Gasteiger partial charge is 0.275 e. The van der Waals surface area contributed by atoms with Crippen LogP contribution in [0.4, 0.5) is 5.69 Å². The average molecular weight is 391 g/mol. The van der Waals surface area contributed by atoms with Crippen molar-refractivity contribution in [1.82, 2.24) is 20.0 Å². The van der Waals surface area contributed by atoms with Crippen molar-refractivity contribution in [2.24, 2.45) is 0 Å². The number of aryl methyl sites for hydroxylation is 1. The topological polar surface area (TPSA) is 70.5 Å². The van der Waals surface area contributed by atoms with E-state index in [2.05, 4.69) is 51.4 Å². The van der Waals surface area contributed by atoms with Gasteiger partial charge in [0, 0.05) is 44.3 Å². The molecule has 0 radical (unpaired) electrons. The molecule has 29 heavy (non-hydrogen) atoms. The highest BCUT2D eigenvalue weighted by Crippen LogP contribution is 2.18. The Morgan fingerprint density at radius 2 is 1.76 bits per heavy atom. The number of fused-ring (bicyclic) bond motifs is 1. The van der Waals surface area contributed by atoms with E-state index in [1.165, 1.54) is 15.9 Å². The number of aromatic nitrogens is 2. The highest BCUT2D eigenvalue weighted by molar-refractivity contribution is 6.04. The lowest BCUT2D eigenvalue weighted by molar-refractivity contribution is 0.0955. The normalized spacial score (nSPS) is 14.9. The highest BCUT2D eigenvalue weighted by atomic mass is 16.2. The van der Waals surface area contributed by atoms with Crippen molar-refractivity contribution >= 4 is 22.4 Å². The first-order valence-electron chi connectivity index (χ1n) is 9.83. The first-order chi connectivity index (χ1) is 14.1. The average Bonchev–Trinajstić information content (AvgIpc) is 2.76. The van der Waals surface area contributed by atoms with E-state index >= 15 is 0 Å². The first-order valence-corrected chi connectivity index (χ1v) is 9.83. The summed E-state index contributed by atoms with van der Waals surface area (Å²) in [4.78, 5) is 29.8. The molecule has 1 aromatic heterocycles. The highest BCUT2D eigenvalue weighted by Gasteiger charge is 2.20. The Bertz CT molecular complexity index is 1100. The fourth-order valence-electron chi connectivity index (χ4n) is 3.78. The van der Waals surface area contributed by atoms with Gasteiger partial charge in [-0.3, -0.25) is 14.5 Å². The summed E-state index contributed by atoms with van der Waals surface area (Å²) in [6.45, 7) is 5.88. The molecule has 0 saturated carbocycles. The SMILES string of the molecule is CNC(=O)c1nn(CN2CCN(c3cccc(C)c3)CC2)c(=O)c2ccccc12. The summed E-state index contributed by atoms with van der Waals surface area (Å²) in [6, 6.07) is 15.6. The quantitative estimate of drug-likeness (QED) is 0.735. The summed E-state index contributed by atoms with van der Waals surface area (Å²) in [6.07, 6.45) is 0. The maximum absolute atomic E-state index is 12.9. The molecule has 7 nitrogen and oxygen atoms in total. The first kappa shape index (κ1) is 19.1. The molecule has 3 aromatic rings. The third-order valence-electron chi connectivity index (χ3n) is 5.38. The fraction of sp³-hybridized carbons (Fsp3) is 0.318. The summed E-state index contributed by atoms with van der Waals surface area (Å²) in [5.41, 5.74) is 2.58. The van der Waals surface area contributed by atoms with Gasteiger partial charge in [-0.05, 0) is 30.7 Å². The molecule has 1 aliphatic rings. The Morgan fingerprint density at radius 3 is 2.45 bits per heavy atom. The Hall–Kier alpha value is -3.19. The van der Waals surface area contributed by atoms with Gasteiger partial charge >= 0.3 is 0 Å². The third kappa shape index (κ3) is 3.86. The molecule has 0 aliphatic carbocycles. The zero-order valence-corrected chi connectivity index (χ0v) is 16.8. The molecule has 150 valence electrons. The number of carbonyl (C=O) groups excluding carboxylic acids is 1. The maximum Gasteiger partial charge on any atom is 0.275 e. The molecule has 1 aliphatic heterocycles. The van der Waals surface area contributed by atoms with Crippen LogP contribution in [0.1, 0.15) is 16.1 Å². The number of nitrogens with zero attached hydrogens (tertiary/aromatic N) is 4. The number of anilines is 1. The van der Waals surface area contributed by atoms with Crippen LogP contribution >= 0.6 is 0 Å². The van der Waals surface area contributed by atoms with Crippen molar-refractivity contribution in [2.45, 2.75) is 13.6 Å². The summed E-state index contributed by atoms with van der Waals surface area (Å²) in [5, 5.41) is 8.10. The number of hydrogen-bond acceptors (Lipinski definition) is 5. The number of hydrogen-bond donors (Lipinski definition) is 1. The lowest BCUT2D eigenvalue weighted by atomic mass is 10.1. The van der Waals surface area contributed by atoms with Gasteiger partial charge in [0.25, 0.3) is 11.5 Å². The zero-order valence-electron chi connectivity index (χ0n) is 16.8. The lowest BCUT2D eigenvalue weighted by Crippen LogP contribution is -2.48. The van der Waals surface area contributed by atoms with Crippen molar-refractivity contribution < 1.29 is 4.79 Å². The Morgan fingerprint density at radius 1 is 1.03 bits per heavy atom. The van der Waals surface area contributed by atoms with Gasteiger partial charge in [-0.25, -0.2) is 4.68 Å². The van der Waals surface area contributed by atoms with Crippen LogP contribution in [0.2, 0.25) is 0 Å². The van der Waals surface area contributed by atoms with Crippen molar-refractivity contribution in [3.63, 3.8) is 0 Å². The largest absolute Gasteiger partial charge is 0.369 e. The number of nitrogens with one attached hydrogen (secondary N) is 1. The summed E-state index contributed by atoms with van der Waals surface area (Å²) < 4.78 is 1.41. The predicted octanol–water partition coefficient (Wildman–Crippen LogP) is 1.84. The number of rotatable bonds is 4. The van der Waals surface area contributed by atoms with E-state index in [-0.39, 0.29) is 17.2 Å². The summed E-state index contributed by atoms with van der Waals surface area (Å²) in [5.74, 6) is -0.292. The molecule has 1 saturated heterocycles. The van der Waals surface area contributed by atoms with Crippen molar-refractivity contribution in [3.8, 4) is 0 Å². The Balaban J connectivity index is 1.55. The van der Waals surface area contributed by atoms with Crippen molar-refractivity contribution in [3.05, 3.63) is 70.1 Å². The predicted molar refractivity (Wildman–Crippen MR) is 114 cm³/mol. The maximum atomic E-state index is 12.9. The number of carbonyl (C=O) groups is 1. The van der Waals surface area contributed by atoms with E-state index in [0.29, 0.717) is 17.4 Å². The van der Waals surface area contributed by atoms with E-state index < -0.39 is 0 Å². The molecular formula is C22H25N5O2. The molecule has 4 rings (SSSR count). The van der Waals surface area contributed by atoms with Crippen LogP contribution in [0, 0.1) is 6.92 Å². The van der Waals surface area contributed by atoms with E-state index in [1.54, 1.807) is 19.2 Å². The molecule has 0 spiro atoms. The van der Waals surface area contributed by atoms with Crippen LogP contribution < -0.4 is 15.8 Å². The number of benzene rings is 2. The van der Waals surface area contributed by atoms with Crippen LogP contribution in [0.15, 0.2) is 53.3 Å². The van der Waals surface area contributed by atoms with Crippen molar-refractivity contribution in [2.75, 3.05) is 38.1 Å². The second-order valence-electron chi connectivity index (χ2n) is 7.36. The second-order valence-corrected chi connectivity index (χ2v) is 7.36. The van der Waals surface area contributed by atoms with Gasteiger partial charge in [0.05, 0.1) is 12.1 Å². The van der Waals surface area contributed by atoms with Gasteiger partial charge in [0.15, 0.2) is 5.69 Å². The molecule has 1 N–H and O–H groups in total. The van der Waals surface area contributed by atoms with E-state index in [4.69, 9.17) is 0 Å². The monoisotopic (exact) mass is 391 g/mol. The molecule has 2 aromatic carbocycles. The van der Waals surface area contributed by atoms with Gasteiger partial charge in [0.2, 0.25) is 0 Å². The van der Waals surface area contributed by atoms with Crippen LogP contribution in [0.25, 0.3) is 10.8 Å². The lowest BCUT2D eigenvalue weighted by Gasteiger charge is -2.36. The molecule has 0 unspecified atom stereocenters. The molecule has 1 amide bonds.